The number of aliphatic carboxylic acids is 1. The topological polar surface area (TPSA) is 74.6 Å². The number of aryl methyl sites for hydroxylation is 1. The first kappa shape index (κ1) is 13.9. The summed E-state index contributed by atoms with van der Waals surface area (Å²) >= 11 is 0. The van der Waals surface area contributed by atoms with Gasteiger partial charge in [-0.25, -0.2) is 0 Å². The smallest absolute Gasteiger partial charge is 0.319 e. The molecule has 1 rings (SSSR count). The maximum atomic E-state index is 11.6. The van der Waals surface area contributed by atoms with Gasteiger partial charge >= 0.3 is 5.97 Å². The Morgan fingerprint density at radius 2 is 1.94 bits per heavy atom. The highest BCUT2D eigenvalue weighted by atomic mass is 32.2. The van der Waals surface area contributed by atoms with E-state index >= 15 is 0 Å². The molecule has 0 saturated carbocycles. The number of carboxylic acids is 1. The monoisotopic (exact) mass is 256 g/mol. The lowest BCUT2D eigenvalue weighted by Crippen LogP contribution is -2.28. The van der Waals surface area contributed by atoms with Gasteiger partial charge in [0.1, 0.15) is 5.25 Å². The largest absolute Gasteiger partial charge is 0.480 e. The van der Waals surface area contributed by atoms with Gasteiger partial charge in [0.25, 0.3) is 0 Å². The summed E-state index contributed by atoms with van der Waals surface area (Å²) in [5.41, 5.74) is 1.03. The van der Waals surface area contributed by atoms with Crippen LogP contribution in [0.15, 0.2) is 30.3 Å². The van der Waals surface area contributed by atoms with E-state index in [9.17, 15) is 9.00 Å². The van der Waals surface area contributed by atoms with Crippen LogP contribution in [0.1, 0.15) is 12.0 Å². The Morgan fingerprint density at radius 3 is 2.47 bits per heavy atom. The minimum absolute atomic E-state index is 0.0196. The summed E-state index contributed by atoms with van der Waals surface area (Å²) in [5, 5.41) is 16.7. The van der Waals surface area contributed by atoms with Crippen molar-refractivity contribution in [3.05, 3.63) is 35.9 Å². The van der Waals surface area contributed by atoms with Crippen LogP contribution in [0.2, 0.25) is 0 Å². The lowest BCUT2D eigenvalue weighted by atomic mass is 10.1. The molecule has 17 heavy (non-hydrogen) atoms. The molecule has 0 fully saturated rings. The van der Waals surface area contributed by atoms with Gasteiger partial charge in [0, 0.05) is 16.6 Å². The first-order valence-electron chi connectivity index (χ1n) is 5.40. The van der Waals surface area contributed by atoms with E-state index in [0.29, 0.717) is 12.8 Å². The quantitative estimate of drug-likeness (QED) is 0.757. The van der Waals surface area contributed by atoms with Crippen LogP contribution < -0.4 is 0 Å². The molecule has 0 heterocycles. The van der Waals surface area contributed by atoms with Crippen molar-refractivity contribution in [3.63, 3.8) is 0 Å². The van der Waals surface area contributed by atoms with Crippen LogP contribution in [0.3, 0.4) is 0 Å². The molecule has 2 atom stereocenters. The fourth-order valence-electron chi connectivity index (χ4n) is 1.54. The van der Waals surface area contributed by atoms with E-state index in [1.807, 2.05) is 30.3 Å². The average molecular weight is 256 g/mol. The normalized spacial score (nSPS) is 14.2. The standard InChI is InChI=1S/C12H16O4S/c13-8-9-17(16)11(12(14)15)7-6-10-4-2-1-3-5-10/h1-5,11,13H,6-9H2,(H,14,15). The van der Waals surface area contributed by atoms with Crippen molar-refractivity contribution < 1.29 is 19.2 Å². The molecule has 0 saturated heterocycles. The van der Waals surface area contributed by atoms with Gasteiger partial charge in [0.2, 0.25) is 0 Å². The summed E-state index contributed by atoms with van der Waals surface area (Å²) in [5.74, 6) is -1.04. The number of benzene rings is 1. The van der Waals surface area contributed by atoms with Crippen molar-refractivity contribution in [1.82, 2.24) is 0 Å². The Kier molecular flexibility index (Phi) is 5.86. The summed E-state index contributed by atoms with van der Waals surface area (Å²) < 4.78 is 11.6. The van der Waals surface area contributed by atoms with Crippen molar-refractivity contribution in [2.75, 3.05) is 12.4 Å². The maximum absolute atomic E-state index is 11.6. The molecule has 0 aromatic heterocycles. The van der Waals surface area contributed by atoms with E-state index in [4.69, 9.17) is 10.2 Å². The van der Waals surface area contributed by atoms with Crippen molar-refractivity contribution in [3.8, 4) is 0 Å². The Labute approximate surface area is 103 Å². The zero-order chi connectivity index (χ0) is 12.7. The number of carboxylic acid groups (broad SMARTS) is 1. The second kappa shape index (κ2) is 7.19. The molecular weight excluding hydrogens is 240 g/mol. The number of hydrogen-bond acceptors (Lipinski definition) is 3. The highest BCUT2D eigenvalue weighted by molar-refractivity contribution is 7.86. The molecule has 94 valence electrons. The summed E-state index contributed by atoms with van der Waals surface area (Å²) in [6.07, 6.45) is 0.904. The van der Waals surface area contributed by atoms with Crippen LogP contribution in [0, 0.1) is 0 Å². The molecular formula is C12H16O4S. The third kappa shape index (κ3) is 4.66. The van der Waals surface area contributed by atoms with Crippen LogP contribution in [-0.2, 0) is 22.0 Å². The van der Waals surface area contributed by atoms with Gasteiger partial charge in [-0.2, -0.15) is 0 Å². The van der Waals surface area contributed by atoms with Crippen LogP contribution in [0.5, 0.6) is 0 Å². The van der Waals surface area contributed by atoms with E-state index in [0.717, 1.165) is 5.56 Å². The second-order valence-electron chi connectivity index (χ2n) is 3.66. The summed E-state index contributed by atoms with van der Waals surface area (Å²) in [4.78, 5) is 11.0. The lowest BCUT2D eigenvalue weighted by molar-refractivity contribution is -0.136. The number of aliphatic hydroxyl groups excluding tert-OH is 1. The number of rotatable bonds is 7. The van der Waals surface area contributed by atoms with Crippen LogP contribution >= 0.6 is 0 Å². The molecule has 0 spiro atoms. The van der Waals surface area contributed by atoms with Crippen LogP contribution in [-0.4, -0.2) is 38.0 Å². The third-order valence-electron chi connectivity index (χ3n) is 2.42. The van der Waals surface area contributed by atoms with Gasteiger partial charge in [-0.05, 0) is 18.4 Å². The van der Waals surface area contributed by atoms with Gasteiger partial charge < -0.3 is 10.2 Å². The van der Waals surface area contributed by atoms with Gasteiger partial charge in [0.15, 0.2) is 0 Å². The highest BCUT2D eigenvalue weighted by Crippen LogP contribution is 2.10. The molecule has 4 nitrogen and oxygen atoms in total. The molecule has 2 N–H and O–H groups in total. The van der Waals surface area contributed by atoms with E-state index < -0.39 is 22.0 Å². The Bertz CT molecular complexity index is 377. The molecule has 5 heteroatoms. The Morgan fingerprint density at radius 1 is 1.29 bits per heavy atom. The SMILES string of the molecule is O=C(O)C(CCc1ccccc1)S(=O)CCO. The molecule has 0 aliphatic rings. The lowest BCUT2D eigenvalue weighted by Gasteiger charge is -2.11. The summed E-state index contributed by atoms with van der Waals surface area (Å²) in [7, 11) is -1.51. The van der Waals surface area contributed by atoms with Gasteiger partial charge in [-0.3, -0.25) is 9.00 Å². The molecule has 0 aliphatic carbocycles. The van der Waals surface area contributed by atoms with Crippen molar-refractivity contribution >= 4 is 16.8 Å². The third-order valence-corrected chi connectivity index (χ3v) is 4.08. The molecule has 0 aliphatic heterocycles. The predicted octanol–water partition coefficient (Wildman–Crippen LogP) is 0.813. The van der Waals surface area contributed by atoms with Gasteiger partial charge in [0.05, 0.1) is 6.61 Å². The van der Waals surface area contributed by atoms with Gasteiger partial charge in [-0.15, -0.1) is 0 Å². The molecule has 0 amide bonds. The summed E-state index contributed by atoms with van der Waals surface area (Å²) in [6.45, 7) is -0.248. The molecule has 1 aromatic rings. The Hall–Kier alpha value is -1.20. The zero-order valence-electron chi connectivity index (χ0n) is 9.41. The zero-order valence-corrected chi connectivity index (χ0v) is 10.2. The van der Waals surface area contributed by atoms with E-state index in [2.05, 4.69) is 0 Å². The first-order valence-corrected chi connectivity index (χ1v) is 6.78. The molecule has 1 aromatic carbocycles. The fraction of sp³-hybridized carbons (Fsp3) is 0.417. The number of hydrogen-bond donors (Lipinski definition) is 2. The van der Waals surface area contributed by atoms with E-state index in [1.165, 1.54) is 0 Å². The van der Waals surface area contributed by atoms with E-state index in [-0.39, 0.29) is 12.4 Å². The van der Waals surface area contributed by atoms with E-state index in [1.54, 1.807) is 0 Å². The average Bonchev–Trinajstić information content (AvgIpc) is 2.30. The van der Waals surface area contributed by atoms with Crippen molar-refractivity contribution in [1.29, 1.82) is 0 Å². The number of aliphatic hydroxyl groups is 1. The van der Waals surface area contributed by atoms with Crippen LogP contribution in [0.4, 0.5) is 0 Å². The maximum Gasteiger partial charge on any atom is 0.319 e. The second-order valence-corrected chi connectivity index (χ2v) is 5.40. The van der Waals surface area contributed by atoms with Crippen LogP contribution in [0.25, 0.3) is 0 Å². The summed E-state index contributed by atoms with van der Waals surface area (Å²) in [6, 6.07) is 9.48. The Balaban J connectivity index is 2.56. The minimum Gasteiger partial charge on any atom is -0.480 e. The van der Waals surface area contributed by atoms with Crippen molar-refractivity contribution in [2.24, 2.45) is 0 Å². The predicted molar refractivity (Wildman–Crippen MR) is 66.3 cm³/mol. The molecule has 0 bridgehead atoms. The number of carbonyl (C=O) groups is 1. The highest BCUT2D eigenvalue weighted by Gasteiger charge is 2.23. The molecule has 2 unspecified atom stereocenters. The fourth-order valence-corrected chi connectivity index (χ4v) is 2.61. The minimum atomic E-state index is -1.51. The molecule has 0 radical (unpaired) electrons. The van der Waals surface area contributed by atoms with Gasteiger partial charge in [-0.1, -0.05) is 30.3 Å². The van der Waals surface area contributed by atoms with Crippen molar-refractivity contribution in [2.45, 2.75) is 18.1 Å². The first-order chi connectivity index (χ1) is 8.15.